The second-order valence-electron chi connectivity index (χ2n) is 6.76. The molecule has 1 saturated heterocycles. The van der Waals surface area contributed by atoms with Crippen LogP contribution in [-0.2, 0) is 11.2 Å². The van der Waals surface area contributed by atoms with Crippen molar-refractivity contribution in [3.63, 3.8) is 0 Å². The highest BCUT2D eigenvalue weighted by Gasteiger charge is 2.21. The maximum Gasteiger partial charge on any atom is 0.337 e. The minimum atomic E-state index is -0.274. The highest BCUT2D eigenvalue weighted by Crippen LogP contribution is 2.29. The number of carbonyl (C=O) groups is 1. The summed E-state index contributed by atoms with van der Waals surface area (Å²) >= 11 is 3.29. The summed E-state index contributed by atoms with van der Waals surface area (Å²) in [7, 11) is 1.41. The highest BCUT2D eigenvalue weighted by molar-refractivity contribution is 9.10. The van der Waals surface area contributed by atoms with Crippen LogP contribution in [0.25, 0.3) is 0 Å². The first-order valence-corrected chi connectivity index (χ1v) is 10.4. The van der Waals surface area contributed by atoms with E-state index < -0.39 is 0 Å². The molecule has 0 radical (unpaired) electrons. The zero-order valence-electron chi connectivity index (χ0n) is 16.4. The smallest absolute Gasteiger partial charge is 0.337 e. The van der Waals surface area contributed by atoms with Gasteiger partial charge in [0, 0.05) is 12.2 Å². The molecule has 1 aliphatic heterocycles. The van der Waals surface area contributed by atoms with E-state index in [1.54, 1.807) is 0 Å². The number of rotatable bonds is 4. The fourth-order valence-electron chi connectivity index (χ4n) is 3.25. The molecule has 2 atom stereocenters. The second kappa shape index (κ2) is 11.2. The number of nitrogens with zero attached hydrogens (tertiary/aromatic N) is 1. The Kier molecular flexibility index (Phi) is 8.95. The van der Waals surface area contributed by atoms with Gasteiger partial charge in [0.15, 0.2) is 0 Å². The molecule has 1 aromatic heterocycles. The highest BCUT2D eigenvalue weighted by atomic mass is 79.9. The lowest BCUT2D eigenvalue weighted by Crippen LogP contribution is -2.31. The Bertz CT molecular complexity index is 719. The summed E-state index contributed by atoms with van der Waals surface area (Å²) in [5.41, 5.74) is 3.20. The number of pyridine rings is 1. The minimum Gasteiger partial charge on any atom is -0.465 e. The molecule has 1 fully saturated rings. The maximum atomic E-state index is 11.4. The van der Waals surface area contributed by atoms with Crippen LogP contribution in [0.2, 0.25) is 0 Å². The first-order chi connectivity index (χ1) is 13.1. The Morgan fingerprint density at radius 2 is 2.00 bits per heavy atom. The van der Waals surface area contributed by atoms with E-state index in [0.717, 1.165) is 23.5 Å². The van der Waals surface area contributed by atoms with Gasteiger partial charge in [-0.3, -0.25) is 0 Å². The van der Waals surface area contributed by atoms with E-state index in [2.05, 4.69) is 40.1 Å². The number of aryl methyl sites for hydroxylation is 1. The van der Waals surface area contributed by atoms with Crippen molar-refractivity contribution in [2.24, 2.45) is 5.92 Å². The Balaban J connectivity index is 0.000000244. The Morgan fingerprint density at radius 1 is 1.26 bits per heavy atom. The van der Waals surface area contributed by atoms with Gasteiger partial charge in [0.1, 0.15) is 4.60 Å². The lowest BCUT2D eigenvalue weighted by molar-refractivity contribution is 0.0600. The van der Waals surface area contributed by atoms with Crippen molar-refractivity contribution in [3.8, 4) is 0 Å². The number of nitrogens with one attached hydrogen (secondary N) is 1. The molecule has 0 spiro atoms. The Morgan fingerprint density at radius 3 is 2.56 bits per heavy atom. The second-order valence-corrected chi connectivity index (χ2v) is 7.57. The topological polar surface area (TPSA) is 51.2 Å². The molecule has 0 amide bonds. The predicted octanol–water partition coefficient (Wildman–Crippen LogP) is 5.33. The molecule has 146 valence electrons. The number of hydrogen-bond acceptors (Lipinski definition) is 4. The third kappa shape index (κ3) is 6.74. The summed E-state index contributed by atoms with van der Waals surface area (Å²) < 4.78 is 5.62. The van der Waals surface area contributed by atoms with Crippen molar-refractivity contribution in [1.29, 1.82) is 0 Å². The lowest BCUT2D eigenvalue weighted by atomic mass is 9.87. The van der Waals surface area contributed by atoms with Gasteiger partial charge in [0.2, 0.25) is 0 Å². The quantitative estimate of drug-likeness (QED) is 0.523. The lowest BCUT2D eigenvalue weighted by Gasteiger charge is -2.30. The van der Waals surface area contributed by atoms with E-state index in [0.29, 0.717) is 11.6 Å². The van der Waals surface area contributed by atoms with Crippen molar-refractivity contribution in [2.75, 3.05) is 13.7 Å². The van der Waals surface area contributed by atoms with Crippen LogP contribution < -0.4 is 5.32 Å². The first-order valence-electron chi connectivity index (χ1n) is 9.59. The molecule has 4 nitrogen and oxygen atoms in total. The summed E-state index contributed by atoms with van der Waals surface area (Å²) in [6.45, 7) is 5.47. The SMILES string of the molecule is CC[C@@H]1CCN[C@H](c2ccc(C(=O)OC)cc2)C1.CCc1ccnc(Br)c1. The van der Waals surface area contributed by atoms with Crippen molar-refractivity contribution in [3.05, 3.63) is 63.9 Å². The molecule has 3 rings (SSSR count). The van der Waals surface area contributed by atoms with Crippen LogP contribution in [0.3, 0.4) is 0 Å². The summed E-state index contributed by atoms with van der Waals surface area (Å²) in [5.74, 6) is 0.543. The Labute approximate surface area is 170 Å². The fourth-order valence-corrected chi connectivity index (χ4v) is 3.67. The van der Waals surface area contributed by atoms with Crippen LogP contribution in [-0.4, -0.2) is 24.6 Å². The van der Waals surface area contributed by atoms with Gasteiger partial charge in [-0.25, -0.2) is 9.78 Å². The van der Waals surface area contributed by atoms with Crippen LogP contribution >= 0.6 is 15.9 Å². The van der Waals surface area contributed by atoms with Gasteiger partial charge in [0.25, 0.3) is 0 Å². The summed E-state index contributed by atoms with van der Waals surface area (Å²) in [5, 5.41) is 3.55. The van der Waals surface area contributed by atoms with Crippen LogP contribution in [0.5, 0.6) is 0 Å². The molecule has 2 heterocycles. The number of esters is 1. The number of hydrogen-bond donors (Lipinski definition) is 1. The van der Waals surface area contributed by atoms with E-state index >= 15 is 0 Å². The molecule has 1 aromatic carbocycles. The number of aromatic nitrogens is 1. The van der Waals surface area contributed by atoms with Gasteiger partial charge in [-0.05, 0) is 83.0 Å². The van der Waals surface area contributed by atoms with Crippen molar-refractivity contribution >= 4 is 21.9 Å². The monoisotopic (exact) mass is 432 g/mol. The zero-order chi connectivity index (χ0) is 19.6. The summed E-state index contributed by atoms with van der Waals surface area (Å²) in [6, 6.07) is 12.2. The van der Waals surface area contributed by atoms with E-state index in [1.165, 1.54) is 37.5 Å². The van der Waals surface area contributed by atoms with Gasteiger partial charge in [0.05, 0.1) is 12.7 Å². The summed E-state index contributed by atoms with van der Waals surface area (Å²) in [4.78, 5) is 15.4. The van der Waals surface area contributed by atoms with Crippen molar-refractivity contribution in [1.82, 2.24) is 10.3 Å². The average Bonchev–Trinajstić information content (AvgIpc) is 2.73. The van der Waals surface area contributed by atoms with E-state index in [9.17, 15) is 4.79 Å². The van der Waals surface area contributed by atoms with Crippen LogP contribution in [0.1, 0.15) is 60.6 Å². The molecule has 27 heavy (non-hydrogen) atoms. The van der Waals surface area contributed by atoms with Crippen molar-refractivity contribution < 1.29 is 9.53 Å². The fraction of sp³-hybridized carbons (Fsp3) is 0.455. The molecule has 2 aromatic rings. The van der Waals surface area contributed by atoms with Gasteiger partial charge < -0.3 is 10.1 Å². The third-order valence-electron chi connectivity index (χ3n) is 5.02. The average molecular weight is 433 g/mol. The number of carbonyl (C=O) groups excluding carboxylic acids is 1. The van der Waals surface area contributed by atoms with Crippen LogP contribution in [0.4, 0.5) is 0 Å². The largest absolute Gasteiger partial charge is 0.465 e. The first kappa shape index (κ1) is 21.6. The molecule has 0 saturated carbocycles. The maximum absolute atomic E-state index is 11.4. The van der Waals surface area contributed by atoms with E-state index in [-0.39, 0.29) is 5.97 Å². The number of benzene rings is 1. The molecule has 1 aliphatic rings. The molecule has 0 bridgehead atoms. The predicted molar refractivity (Wildman–Crippen MR) is 113 cm³/mol. The Hall–Kier alpha value is -1.72. The molecular weight excluding hydrogens is 404 g/mol. The molecule has 5 heteroatoms. The van der Waals surface area contributed by atoms with Crippen LogP contribution in [0, 0.1) is 5.92 Å². The molecule has 0 aliphatic carbocycles. The number of methoxy groups -OCH3 is 1. The summed E-state index contributed by atoms with van der Waals surface area (Å²) in [6.07, 6.45) is 6.59. The normalized spacial score (nSPS) is 19.0. The zero-order valence-corrected chi connectivity index (χ0v) is 18.0. The number of halogens is 1. The number of ether oxygens (including phenoxy) is 1. The van der Waals surface area contributed by atoms with Crippen LogP contribution in [0.15, 0.2) is 47.2 Å². The third-order valence-corrected chi connectivity index (χ3v) is 5.46. The van der Waals surface area contributed by atoms with Gasteiger partial charge >= 0.3 is 5.97 Å². The molecule has 0 unspecified atom stereocenters. The molecule has 1 N–H and O–H groups in total. The van der Waals surface area contributed by atoms with Crippen molar-refractivity contribution in [2.45, 2.75) is 45.6 Å². The minimum absolute atomic E-state index is 0.274. The van der Waals surface area contributed by atoms with Gasteiger partial charge in [-0.15, -0.1) is 0 Å². The van der Waals surface area contributed by atoms with E-state index in [4.69, 9.17) is 4.74 Å². The van der Waals surface area contributed by atoms with E-state index in [1.807, 2.05) is 42.6 Å². The van der Waals surface area contributed by atoms with Gasteiger partial charge in [-0.1, -0.05) is 32.4 Å². The van der Waals surface area contributed by atoms with Gasteiger partial charge in [-0.2, -0.15) is 0 Å². The standard InChI is InChI=1S/C15H21NO2.C7H8BrN/c1-3-11-8-9-16-14(10-11)12-4-6-13(7-5-12)15(17)18-2;1-2-6-3-4-9-7(8)5-6/h4-7,11,14,16H,3,8-10H2,1-2H3;3-5H,2H2,1H3/t11-,14+;/m1./s1. The number of piperidine rings is 1. The molecular formula is C22H29BrN2O2.